The normalized spacial score (nSPS) is 14.1. The van der Waals surface area contributed by atoms with Crippen molar-refractivity contribution < 1.29 is 27.8 Å². The Bertz CT molecular complexity index is 985. The lowest BCUT2D eigenvalue weighted by Gasteiger charge is -2.26. The van der Waals surface area contributed by atoms with Gasteiger partial charge in [-0.3, -0.25) is 0 Å². The van der Waals surface area contributed by atoms with E-state index in [2.05, 4.69) is 4.74 Å². The quantitative estimate of drug-likeness (QED) is 0.540. The topological polar surface area (TPSA) is 51.5 Å². The molecule has 0 radical (unpaired) electrons. The maximum atomic E-state index is 14.5. The van der Waals surface area contributed by atoms with Crippen LogP contribution in [0.25, 0.3) is 10.9 Å². The van der Waals surface area contributed by atoms with E-state index in [1.54, 1.807) is 28.1 Å². The lowest BCUT2D eigenvalue weighted by atomic mass is 10.2. The van der Waals surface area contributed by atoms with Crippen LogP contribution in [0, 0.1) is 6.92 Å². The Morgan fingerprint density at radius 3 is 2.41 bits per heavy atom. The molecule has 0 saturated carbocycles. The second-order valence-electron chi connectivity index (χ2n) is 6.05. The summed E-state index contributed by atoms with van der Waals surface area (Å²) in [5, 5.41) is 9.28. The molecule has 1 aromatic heterocycles. The molecule has 0 bridgehead atoms. The van der Waals surface area contributed by atoms with Crippen molar-refractivity contribution in [2.24, 2.45) is 0 Å². The number of carboxylic acid groups (broad SMARTS) is 1. The minimum Gasteiger partial charge on any atom is -0.476 e. The molecule has 0 aliphatic carbocycles. The third-order valence-corrected chi connectivity index (χ3v) is 4.70. The summed E-state index contributed by atoms with van der Waals surface area (Å²) in [5.74, 6) is -6.97. The van der Waals surface area contributed by atoms with E-state index < -0.39 is 16.7 Å². The number of halogens is 4. The molecular formula is C19H15BrF3NO3. The zero-order chi connectivity index (χ0) is 19.8. The lowest BCUT2D eigenvalue weighted by Crippen LogP contribution is -2.52. The average Bonchev–Trinajstić information content (AvgIpc) is 2.91. The highest BCUT2D eigenvalue weighted by atomic mass is 79.9. The Morgan fingerprint density at radius 2 is 1.81 bits per heavy atom. The summed E-state index contributed by atoms with van der Waals surface area (Å²) >= 11 is 1.77. The van der Waals surface area contributed by atoms with Crippen molar-refractivity contribution in [3.63, 3.8) is 0 Å². The molecule has 142 valence electrons. The first-order valence-corrected chi connectivity index (χ1v) is 8.73. The SMILES string of the molecule is Cc1cc2c(OC(F)(C(=O)O)C(F)(F)Br)cccc2n1Cc1ccccc1. The molecule has 0 saturated heterocycles. The lowest BCUT2D eigenvalue weighted by molar-refractivity contribution is -0.210. The van der Waals surface area contributed by atoms with Crippen LogP contribution >= 0.6 is 15.9 Å². The van der Waals surface area contributed by atoms with Gasteiger partial charge in [0.05, 0.1) is 5.52 Å². The smallest absolute Gasteiger partial charge is 0.419 e. The van der Waals surface area contributed by atoms with Gasteiger partial charge >= 0.3 is 16.7 Å². The third kappa shape index (κ3) is 3.53. The first-order chi connectivity index (χ1) is 12.6. The van der Waals surface area contributed by atoms with Crippen molar-refractivity contribution in [1.29, 1.82) is 0 Å². The summed E-state index contributed by atoms with van der Waals surface area (Å²) < 4.78 is 48.1. The van der Waals surface area contributed by atoms with Gasteiger partial charge in [-0.15, -0.1) is 0 Å². The highest BCUT2D eigenvalue weighted by Gasteiger charge is 2.63. The van der Waals surface area contributed by atoms with Gasteiger partial charge in [0.25, 0.3) is 0 Å². The van der Waals surface area contributed by atoms with Crippen molar-refractivity contribution in [2.75, 3.05) is 0 Å². The van der Waals surface area contributed by atoms with Crippen molar-refractivity contribution >= 4 is 32.8 Å². The molecule has 27 heavy (non-hydrogen) atoms. The Balaban J connectivity index is 2.06. The van der Waals surface area contributed by atoms with Crippen LogP contribution in [0.5, 0.6) is 5.75 Å². The predicted octanol–water partition coefficient (Wildman–Crippen LogP) is 5.11. The Morgan fingerprint density at radius 1 is 1.15 bits per heavy atom. The largest absolute Gasteiger partial charge is 0.476 e. The number of carboxylic acids is 1. The number of benzene rings is 2. The van der Waals surface area contributed by atoms with Crippen LogP contribution in [0.2, 0.25) is 0 Å². The van der Waals surface area contributed by atoms with Gasteiger partial charge in [0.2, 0.25) is 0 Å². The minimum absolute atomic E-state index is 0.286. The number of aromatic nitrogens is 1. The standard InChI is InChI=1S/C19H15BrF3NO3/c1-12-10-14-15(24(12)11-13-6-3-2-4-7-13)8-5-9-16(14)27-18(21,17(25)26)19(20,22)23/h2-10H,11H2,1H3,(H,25,26). The van der Waals surface area contributed by atoms with Crippen LogP contribution in [-0.2, 0) is 11.3 Å². The average molecular weight is 442 g/mol. The summed E-state index contributed by atoms with van der Waals surface area (Å²) in [6.45, 7) is 2.32. The molecule has 1 atom stereocenters. The van der Waals surface area contributed by atoms with Crippen LogP contribution in [0.15, 0.2) is 54.6 Å². The molecule has 0 fully saturated rings. The van der Waals surface area contributed by atoms with E-state index in [1.165, 1.54) is 12.1 Å². The highest BCUT2D eigenvalue weighted by molar-refractivity contribution is 9.10. The van der Waals surface area contributed by atoms with E-state index in [0.29, 0.717) is 17.4 Å². The minimum atomic E-state index is -4.42. The van der Waals surface area contributed by atoms with Gasteiger partial charge in [-0.25, -0.2) is 4.79 Å². The van der Waals surface area contributed by atoms with Crippen LogP contribution in [-0.4, -0.2) is 26.3 Å². The van der Waals surface area contributed by atoms with Crippen molar-refractivity contribution in [3.8, 4) is 5.75 Å². The number of rotatable bonds is 6. The molecule has 3 rings (SSSR count). The number of ether oxygens (including phenoxy) is 1. The van der Waals surface area contributed by atoms with E-state index >= 15 is 0 Å². The summed E-state index contributed by atoms with van der Waals surface area (Å²) in [7, 11) is 0. The van der Waals surface area contributed by atoms with Gasteiger partial charge in [0, 0.05) is 17.6 Å². The van der Waals surface area contributed by atoms with Crippen molar-refractivity contribution in [1.82, 2.24) is 4.57 Å². The Hall–Kier alpha value is -2.48. The van der Waals surface area contributed by atoms with Gasteiger partial charge in [-0.1, -0.05) is 36.4 Å². The van der Waals surface area contributed by atoms with Gasteiger partial charge in [-0.2, -0.15) is 13.2 Å². The first kappa shape index (κ1) is 19.3. The number of alkyl halides is 4. The van der Waals surface area contributed by atoms with Crippen LogP contribution in [0.4, 0.5) is 13.2 Å². The highest BCUT2D eigenvalue weighted by Crippen LogP contribution is 2.42. The summed E-state index contributed by atoms with van der Waals surface area (Å²) in [5.41, 5.74) is 2.41. The monoisotopic (exact) mass is 441 g/mol. The molecule has 0 amide bonds. The second-order valence-corrected chi connectivity index (χ2v) is 7.04. The Labute approximate surface area is 161 Å². The van der Waals surface area contributed by atoms with E-state index in [-0.39, 0.29) is 5.75 Å². The number of carbonyl (C=O) groups is 1. The zero-order valence-electron chi connectivity index (χ0n) is 14.1. The van der Waals surface area contributed by atoms with Crippen molar-refractivity contribution in [3.05, 3.63) is 65.9 Å². The molecule has 0 aliphatic heterocycles. The maximum Gasteiger partial charge on any atom is 0.419 e. The van der Waals surface area contributed by atoms with Crippen LogP contribution in [0.3, 0.4) is 0 Å². The number of hydrogen-bond donors (Lipinski definition) is 1. The fraction of sp³-hybridized carbons (Fsp3) is 0.211. The van der Waals surface area contributed by atoms with Gasteiger partial charge in [0.1, 0.15) is 5.75 Å². The molecular weight excluding hydrogens is 427 g/mol. The second kappa shape index (κ2) is 6.92. The molecule has 8 heteroatoms. The molecule has 3 aromatic rings. The Kier molecular flexibility index (Phi) is 4.94. The van der Waals surface area contributed by atoms with E-state index in [0.717, 1.165) is 11.3 Å². The fourth-order valence-electron chi connectivity index (χ4n) is 2.83. The molecule has 1 N–H and O–H groups in total. The number of nitrogens with zero attached hydrogens (tertiary/aromatic N) is 1. The molecule has 0 spiro atoms. The molecule has 4 nitrogen and oxygen atoms in total. The number of aryl methyl sites for hydroxylation is 1. The molecule has 2 aromatic carbocycles. The number of fused-ring (bicyclic) bond motifs is 1. The molecule has 0 aliphatic rings. The van der Waals surface area contributed by atoms with Gasteiger partial charge < -0.3 is 14.4 Å². The van der Waals surface area contributed by atoms with Crippen molar-refractivity contribution in [2.45, 2.75) is 24.2 Å². The molecule has 1 unspecified atom stereocenters. The van der Waals surface area contributed by atoms with Gasteiger partial charge in [-0.05, 0) is 46.6 Å². The van der Waals surface area contributed by atoms with Gasteiger partial charge in [0.15, 0.2) is 0 Å². The molecule has 1 heterocycles. The summed E-state index contributed by atoms with van der Waals surface area (Å²) in [6, 6.07) is 15.7. The van der Waals surface area contributed by atoms with Crippen LogP contribution in [0.1, 0.15) is 11.3 Å². The van der Waals surface area contributed by atoms with E-state index in [1.807, 2.05) is 41.8 Å². The zero-order valence-corrected chi connectivity index (χ0v) is 15.7. The predicted molar refractivity (Wildman–Crippen MR) is 98.2 cm³/mol. The number of aliphatic carboxylic acids is 1. The van der Waals surface area contributed by atoms with E-state index in [4.69, 9.17) is 5.11 Å². The number of hydrogen-bond acceptors (Lipinski definition) is 2. The first-order valence-electron chi connectivity index (χ1n) is 7.94. The maximum absolute atomic E-state index is 14.5. The summed E-state index contributed by atoms with van der Waals surface area (Å²) in [4.78, 5) is 6.69. The summed E-state index contributed by atoms with van der Waals surface area (Å²) in [6.07, 6.45) is 0. The third-order valence-electron chi connectivity index (χ3n) is 4.19. The van der Waals surface area contributed by atoms with E-state index in [9.17, 15) is 18.0 Å². The van der Waals surface area contributed by atoms with Crippen LogP contribution < -0.4 is 4.74 Å². The fourth-order valence-corrected chi connectivity index (χ4v) is 3.08.